The molecule has 132 valence electrons. The van der Waals surface area contributed by atoms with Crippen molar-refractivity contribution in [2.24, 2.45) is 7.05 Å². The smallest absolute Gasteiger partial charge is 0.227 e. The molecule has 0 radical (unpaired) electrons. The van der Waals surface area contributed by atoms with Crippen LogP contribution in [0.3, 0.4) is 0 Å². The van der Waals surface area contributed by atoms with Gasteiger partial charge in [-0.05, 0) is 39.3 Å². The van der Waals surface area contributed by atoms with E-state index < -0.39 is 0 Å². The van der Waals surface area contributed by atoms with E-state index in [1.165, 1.54) is 0 Å². The molecule has 0 aliphatic heterocycles. The van der Waals surface area contributed by atoms with Crippen LogP contribution in [0.5, 0.6) is 0 Å². The van der Waals surface area contributed by atoms with Crippen LogP contribution >= 0.6 is 0 Å². The number of aromatic amines is 1. The number of hydrogen-bond acceptors (Lipinski definition) is 3. The normalized spacial score (nSPS) is 12.5. The van der Waals surface area contributed by atoms with Crippen molar-refractivity contribution in [2.75, 3.05) is 6.54 Å². The van der Waals surface area contributed by atoms with E-state index in [1.807, 2.05) is 56.8 Å². The van der Waals surface area contributed by atoms with Crippen LogP contribution in [-0.4, -0.2) is 32.2 Å². The van der Waals surface area contributed by atoms with Crippen LogP contribution in [-0.2, 0) is 18.3 Å². The SMILES string of the molecule is Cc1nn(C)c(C)c1[C@H](C)C(=O)NCCCc1nc2ccccc2[nH]1. The zero-order valence-electron chi connectivity index (χ0n) is 15.3. The first-order valence-corrected chi connectivity index (χ1v) is 8.68. The molecule has 0 saturated heterocycles. The average Bonchev–Trinajstić information content (AvgIpc) is 3.11. The van der Waals surface area contributed by atoms with Gasteiger partial charge in [0.25, 0.3) is 0 Å². The summed E-state index contributed by atoms with van der Waals surface area (Å²) in [5.74, 6) is 0.811. The highest BCUT2D eigenvalue weighted by molar-refractivity contribution is 5.83. The lowest BCUT2D eigenvalue weighted by molar-refractivity contribution is -0.122. The van der Waals surface area contributed by atoms with Gasteiger partial charge < -0.3 is 10.3 Å². The third kappa shape index (κ3) is 3.57. The Kier molecular flexibility index (Phi) is 4.88. The van der Waals surface area contributed by atoms with E-state index in [4.69, 9.17) is 0 Å². The zero-order chi connectivity index (χ0) is 18.0. The summed E-state index contributed by atoms with van der Waals surface area (Å²) in [6.45, 7) is 6.53. The number of H-pyrrole nitrogens is 1. The molecule has 0 fully saturated rings. The Labute approximate surface area is 147 Å². The number of carbonyl (C=O) groups is 1. The first-order valence-electron chi connectivity index (χ1n) is 8.68. The highest BCUT2D eigenvalue weighted by atomic mass is 16.1. The minimum atomic E-state index is -0.195. The Morgan fingerprint density at radius 3 is 2.76 bits per heavy atom. The zero-order valence-corrected chi connectivity index (χ0v) is 15.3. The fourth-order valence-corrected chi connectivity index (χ4v) is 3.29. The van der Waals surface area contributed by atoms with Crippen molar-refractivity contribution >= 4 is 16.9 Å². The predicted octanol–water partition coefficient (Wildman–Crippen LogP) is 2.77. The second kappa shape index (κ2) is 7.09. The molecule has 0 aliphatic rings. The summed E-state index contributed by atoms with van der Waals surface area (Å²) in [6, 6.07) is 8.00. The van der Waals surface area contributed by atoms with Crippen LogP contribution < -0.4 is 5.32 Å². The van der Waals surface area contributed by atoms with Gasteiger partial charge >= 0.3 is 0 Å². The maximum atomic E-state index is 12.4. The molecule has 25 heavy (non-hydrogen) atoms. The van der Waals surface area contributed by atoms with Crippen LogP contribution in [0.25, 0.3) is 11.0 Å². The molecule has 1 amide bonds. The lowest BCUT2D eigenvalue weighted by Crippen LogP contribution is -2.29. The van der Waals surface area contributed by atoms with Crippen molar-refractivity contribution in [1.29, 1.82) is 0 Å². The number of amides is 1. The molecular formula is C19H25N5O. The van der Waals surface area contributed by atoms with Crippen LogP contribution in [0.4, 0.5) is 0 Å². The number of aromatic nitrogens is 4. The number of rotatable bonds is 6. The number of para-hydroxylation sites is 2. The van der Waals surface area contributed by atoms with Gasteiger partial charge in [-0.25, -0.2) is 4.98 Å². The monoisotopic (exact) mass is 339 g/mol. The maximum absolute atomic E-state index is 12.4. The summed E-state index contributed by atoms with van der Waals surface area (Å²) < 4.78 is 1.83. The van der Waals surface area contributed by atoms with E-state index >= 15 is 0 Å². The molecule has 2 N–H and O–H groups in total. The minimum absolute atomic E-state index is 0.0452. The van der Waals surface area contributed by atoms with E-state index in [9.17, 15) is 4.79 Å². The lowest BCUT2D eigenvalue weighted by Gasteiger charge is -2.13. The first-order chi connectivity index (χ1) is 12.0. The number of carbonyl (C=O) groups excluding carboxylic acids is 1. The minimum Gasteiger partial charge on any atom is -0.356 e. The van der Waals surface area contributed by atoms with Crippen LogP contribution in [0.2, 0.25) is 0 Å². The van der Waals surface area contributed by atoms with E-state index in [2.05, 4.69) is 20.4 Å². The summed E-state index contributed by atoms with van der Waals surface area (Å²) in [5.41, 5.74) is 5.03. The van der Waals surface area contributed by atoms with Gasteiger partial charge in [-0.3, -0.25) is 9.48 Å². The van der Waals surface area contributed by atoms with E-state index in [0.717, 1.165) is 46.7 Å². The molecule has 3 rings (SSSR count). The van der Waals surface area contributed by atoms with Crippen molar-refractivity contribution in [3.8, 4) is 0 Å². The van der Waals surface area contributed by atoms with Crippen molar-refractivity contribution in [3.05, 3.63) is 47.0 Å². The van der Waals surface area contributed by atoms with E-state index in [-0.39, 0.29) is 11.8 Å². The molecule has 6 heteroatoms. The van der Waals surface area contributed by atoms with Gasteiger partial charge in [0.05, 0.1) is 22.6 Å². The third-order valence-electron chi connectivity index (χ3n) is 4.72. The average molecular weight is 339 g/mol. The predicted molar refractivity (Wildman–Crippen MR) is 98.5 cm³/mol. The summed E-state index contributed by atoms with van der Waals surface area (Å²) in [4.78, 5) is 20.3. The fourth-order valence-electron chi connectivity index (χ4n) is 3.29. The summed E-state index contributed by atoms with van der Waals surface area (Å²) in [7, 11) is 1.91. The summed E-state index contributed by atoms with van der Waals surface area (Å²) in [6.07, 6.45) is 1.66. The molecule has 2 aromatic heterocycles. The topological polar surface area (TPSA) is 75.6 Å². The van der Waals surface area contributed by atoms with Crippen LogP contribution in [0.15, 0.2) is 24.3 Å². The molecule has 6 nitrogen and oxygen atoms in total. The Morgan fingerprint density at radius 2 is 2.08 bits per heavy atom. The molecular weight excluding hydrogens is 314 g/mol. The maximum Gasteiger partial charge on any atom is 0.227 e. The number of nitrogens with zero attached hydrogens (tertiary/aromatic N) is 3. The summed E-state index contributed by atoms with van der Waals surface area (Å²) in [5, 5.41) is 7.43. The van der Waals surface area contributed by atoms with Gasteiger partial charge in [0.1, 0.15) is 5.82 Å². The molecule has 0 saturated carbocycles. The number of nitrogens with one attached hydrogen (secondary N) is 2. The third-order valence-corrected chi connectivity index (χ3v) is 4.72. The van der Waals surface area contributed by atoms with Gasteiger partial charge in [0.2, 0.25) is 5.91 Å². The molecule has 0 unspecified atom stereocenters. The Bertz CT molecular complexity index is 859. The van der Waals surface area contributed by atoms with Crippen molar-refractivity contribution in [1.82, 2.24) is 25.1 Å². The molecule has 1 aromatic carbocycles. The van der Waals surface area contributed by atoms with Gasteiger partial charge in [-0.1, -0.05) is 12.1 Å². The van der Waals surface area contributed by atoms with Crippen LogP contribution in [0, 0.1) is 13.8 Å². The van der Waals surface area contributed by atoms with Gasteiger partial charge in [-0.2, -0.15) is 5.10 Å². The molecule has 3 aromatic rings. The van der Waals surface area contributed by atoms with Gasteiger partial charge in [-0.15, -0.1) is 0 Å². The van der Waals surface area contributed by atoms with Crippen molar-refractivity contribution < 1.29 is 4.79 Å². The van der Waals surface area contributed by atoms with Crippen molar-refractivity contribution in [2.45, 2.75) is 39.5 Å². The number of imidazole rings is 1. The summed E-state index contributed by atoms with van der Waals surface area (Å²) >= 11 is 0. The van der Waals surface area contributed by atoms with Crippen LogP contribution in [0.1, 0.15) is 42.0 Å². The number of hydrogen-bond donors (Lipinski definition) is 2. The molecule has 0 aliphatic carbocycles. The van der Waals surface area contributed by atoms with Crippen molar-refractivity contribution in [3.63, 3.8) is 0 Å². The Hall–Kier alpha value is -2.63. The van der Waals surface area contributed by atoms with Gasteiger partial charge in [0, 0.05) is 31.3 Å². The van der Waals surface area contributed by atoms with Gasteiger partial charge in [0.15, 0.2) is 0 Å². The second-order valence-corrected chi connectivity index (χ2v) is 6.53. The lowest BCUT2D eigenvalue weighted by atomic mass is 9.98. The van der Waals surface area contributed by atoms with E-state index in [0.29, 0.717) is 6.54 Å². The molecule has 0 bridgehead atoms. The molecule has 2 heterocycles. The molecule has 0 spiro atoms. The fraction of sp³-hybridized carbons (Fsp3) is 0.421. The largest absolute Gasteiger partial charge is 0.356 e. The van der Waals surface area contributed by atoms with E-state index in [1.54, 1.807) is 0 Å². The Morgan fingerprint density at radius 1 is 1.32 bits per heavy atom. The highest BCUT2D eigenvalue weighted by Gasteiger charge is 2.22. The number of fused-ring (bicyclic) bond motifs is 1. The Balaban J connectivity index is 1.52. The number of aryl methyl sites for hydroxylation is 3. The molecule has 1 atom stereocenters. The highest BCUT2D eigenvalue weighted by Crippen LogP contribution is 2.22. The first kappa shape index (κ1) is 17.2. The quantitative estimate of drug-likeness (QED) is 0.678. The number of benzene rings is 1. The second-order valence-electron chi connectivity index (χ2n) is 6.53. The standard InChI is InChI=1S/C19H25N5O/c1-12(18-13(2)23-24(4)14(18)3)19(25)20-11-7-10-17-21-15-8-5-6-9-16(15)22-17/h5-6,8-9,12H,7,10-11H2,1-4H3,(H,20,25)(H,21,22)/t12-/m0/s1.